The molecule has 1 fully saturated rings. The molecule has 2 amide bonds. The van der Waals surface area contributed by atoms with Crippen molar-refractivity contribution in [2.24, 2.45) is 0 Å². The van der Waals surface area contributed by atoms with Gasteiger partial charge >= 0.3 is 0 Å². The van der Waals surface area contributed by atoms with Gasteiger partial charge in [-0.15, -0.1) is 0 Å². The van der Waals surface area contributed by atoms with Crippen LogP contribution in [0.1, 0.15) is 51.4 Å². The van der Waals surface area contributed by atoms with Gasteiger partial charge in [-0.25, -0.2) is 0 Å². The minimum atomic E-state index is -0.0783. The van der Waals surface area contributed by atoms with Crippen LogP contribution in [0.15, 0.2) is 53.1 Å². The molecule has 2 aromatic carbocycles. The molecule has 2 heterocycles. The van der Waals surface area contributed by atoms with E-state index in [9.17, 15) is 9.59 Å². The monoisotopic (exact) mass is 475 g/mol. The smallest absolute Gasteiger partial charge is 0.257 e. The van der Waals surface area contributed by atoms with Gasteiger partial charge in [0.1, 0.15) is 0 Å². The standard InChI is InChI=1S/C27H33N5O3/c1-20-6-8-23(9-7-20)27(34)31(2)19-14-24-29-26(35-30-24)22-12-10-21(11-13-22)25(33)28-15-5-18-32-16-3-4-17-32/h6-13H,3-5,14-19H2,1-2H3,(H,28,33). The Labute approximate surface area is 206 Å². The van der Waals surface area contributed by atoms with Crippen molar-refractivity contribution in [3.63, 3.8) is 0 Å². The van der Waals surface area contributed by atoms with E-state index >= 15 is 0 Å². The van der Waals surface area contributed by atoms with Gasteiger partial charge in [0.05, 0.1) is 0 Å². The lowest BCUT2D eigenvalue weighted by Gasteiger charge is -2.16. The van der Waals surface area contributed by atoms with Crippen LogP contribution in [-0.2, 0) is 6.42 Å². The third kappa shape index (κ3) is 6.76. The highest BCUT2D eigenvalue weighted by molar-refractivity contribution is 5.94. The maximum absolute atomic E-state index is 12.6. The molecule has 1 N–H and O–H groups in total. The van der Waals surface area contributed by atoms with Crippen molar-refractivity contribution in [2.75, 3.05) is 39.8 Å². The number of carbonyl (C=O) groups is 2. The first-order valence-corrected chi connectivity index (χ1v) is 12.3. The van der Waals surface area contributed by atoms with Crippen molar-refractivity contribution in [1.29, 1.82) is 0 Å². The van der Waals surface area contributed by atoms with Crippen LogP contribution in [0.5, 0.6) is 0 Å². The average molecular weight is 476 g/mol. The van der Waals surface area contributed by atoms with E-state index in [4.69, 9.17) is 4.52 Å². The zero-order chi connectivity index (χ0) is 24.6. The predicted molar refractivity (Wildman–Crippen MR) is 134 cm³/mol. The molecule has 184 valence electrons. The van der Waals surface area contributed by atoms with Crippen molar-refractivity contribution >= 4 is 11.8 Å². The minimum Gasteiger partial charge on any atom is -0.352 e. The number of hydrogen-bond acceptors (Lipinski definition) is 6. The highest BCUT2D eigenvalue weighted by Gasteiger charge is 2.15. The molecule has 1 aliphatic rings. The van der Waals surface area contributed by atoms with Crippen molar-refractivity contribution in [3.8, 4) is 11.5 Å². The summed E-state index contributed by atoms with van der Waals surface area (Å²) in [6.45, 7) is 6.53. The Morgan fingerprint density at radius 2 is 1.71 bits per heavy atom. The molecule has 0 aliphatic carbocycles. The number of hydrogen-bond donors (Lipinski definition) is 1. The van der Waals surface area contributed by atoms with Gasteiger partial charge in [0.15, 0.2) is 5.82 Å². The molecule has 4 rings (SSSR count). The number of likely N-dealkylation sites (tertiary alicyclic amines) is 1. The summed E-state index contributed by atoms with van der Waals surface area (Å²) >= 11 is 0. The largest absolute Gasteiger partial charge is 0.352 e. The first-order chi connectivity index (χ1) is 17.0. The van der Waals surface area contributed by atoms with Crippen LogP contribution in [0.3, 0.4) is 0 Å². The van der Waals surface area contributed by atoms with Gasteiger partial charge in [0.25, 0.3) is 17.7 Å². The molecule has 0 spiro atoms. The topological polar surface area (TPSA) is 91.6 Å². The Morgan fingerprint density at radius 3 is 2.43 bits per heavy atom. The molecule has 0 atom stereocenters. The van der Waals surface area contributed by atoms with Gasteiger partial charge in [-0.05, 0) is 82.2 Å². The quantitative estimate of drug-likeness (QED) is 0.451. The normalized spacial score (nSPS) is 13.7. The Hall–Kier alpha value is -3.52. The second-order valence-corrected chi connectivity index (χ2v) is 9.09. The van der Waals surface area contributed by atoms with Crippen molar-refractivity contribution < 1.29 is 14.1 Å². The Kier molecular flexibility index (Phi) is 8.26. The fraction of sp³-hybridized carbons (Fsp3) is 0.407. The van der Waals surface area contributed by atoms with Gasteiger partial charge in [-0.1, -0.05) is 22.9 Å². The summed E-state index contributed by atoms with van der Waals surface area (Å²) in [6.07, 6.45) is 4.01. The SMILES string of the molecule is Cc1ccc(C(=O)N(C)CCc2noc(-c3ccc(C(=O)NCCCN4CCCC4)cc3)n2)cc1. The van der Waals surface area contributed by atoms with E-state index in [1.807, 2.05) is 43.3 Å². The summed E-state index contributed by atoms with van der Waals surface area (Å²) in [5.41, 5.74) is 3.12. The highest BCUT2D eigenvalue weighted by atomic mass is 16.5. The van der Waals surface area contributed by atoms with Crippen LogP contribution in [-0.4, -0.2) is 71.5 Å². The maximum Gasteiger partial charge on any atom is 0.257 e. The molecule has 0 saturated carbocycles. The summed E-state index contributed by atoms with van der Waals surface area (Å²) in [5, 5.41) is 7.03. The number of rotatable bonds is 10. The molecule has 1 saturated heterocycles. The molecule has 0 unspecified atom stereocenters. The van der Waals surface area contributed by atoms with Crippen molar-refractivity contribution in [2.45, 2.75) is 32.6 Å². The molecule has 8 heteroatoms. The molecule has 8 nitrogen and oxygen atoms in total. The fourth-order valence-corrected chi connectivity index (χ4v) is 4.14. The second-order valence-electron chi connectivity index (χ2n) is 9.09. The lowest BCUT2D eigenvalue weighted by Crippen LogP contribution is -2.29. The molecule has 35 heavy (non-hydrogen) atoms. The van der Waals surface area contributed by atoms with E-state index in [2.05, 4.69) is 20.4 Å². The van der Waals surface area contributed by atoms with Gasteiger partial charge in [-0.3, -0.25) is 9.59 Å². The van der Waals surface area contributed by atoms with Crippen LogP contribution in [0.25, 0.3) is 11.5 Å². The number of nitrogens with zero attached hydrogens (tertiary/aromatic N) is 4. The van der Waals surface area contributed by atoms with Gasteiger partial charge in [0, 0.05) is 43.2 Å². The summed E-state index contributed by atoms with van der Waals surface area (Å²) in [7, 11) is 1.76. The van der Waals surface area contributed by atoms with Gasteiger partial charge in [0.2, 0.25) is 0 Å². The predicted octanol–water partition coefficient (Wildman–Crippen LogP) is 3.58. The average Bonchev–Trinajstić information content (AvgIpc) is 3.58. The molecular weight excluding hydrogens is 442 g/mol. The number of carbonyl (C=O) groups excluding carboxylic acids is 2. The third-order valence-corrected chi connectivity index (χ3v) is 6.31. The van der Waals surface area contributed by atoms with Crippen molar-refractivity contribution in [1.82, 2.24) is 25.3 Å². The number of amides is 2. The molecule has 3 aromatic rings. The zero-order valence-corrected chi connectivity index (χ0v) is 20.5. The number of aromatic nitrogens is 2. The number of nitrogens with one attached hydrogen (secondary N) is 1. The van der Waals surface area contributed by atoms with E-state index < -0.39 is 0 Å². The lowest BCUT2D eigenvalue weighted by molar-refractivity contribution is 0.0795. The first-order valence-electron chi connectivity index (χ1n) is 12.3. The van der Waals surface area contributed by atoms with E-state index in [0.29, 0.717) is 42.4 Å². The van der Waals surface area contributed by atoms with Crippen LogP contribution in [0.2, 0.25) is 0 Å². The summed E-state index contributed by atoms with van der Waals surface area (Å²) < 4.78 is 5.40. The van der Waals surface area contributed by atoms with Crippen LogP contribution in [0, 0.1) is 6.92 Å². The van der Waals surface area contributed by atoms with E-state index in [1.165, 1.54) is 25.9 Å². The van der Waals surface area contributed by atoms with Crippen molar-refractivity contribution in [3.05, 3.63) is 71.0 Å². The maximum atomic E-state index is 12.6. The Bertz CT molecular complexity index is 1120. The van der Waals surface area contributed by atoms with Crippen LogP contribution >= 0.6 is 0 Å². The van der Waals surface area contributed by atoms with E-state index in [-0.39, 0.29) is 11.8 Å². The molecule has 0 bridgehead atoms. The number of benzene rings is 2. The number of aryl methyl sites for hydroxylation is 1. The highest BCUT2D eigenvalue weighted by Crippen LogP contribution is 2.18. The summed E-state index contributed by atoms with van der Waals surface area (Å²) in [6, 6.07) is 14.7. The van der Waals surface area contributed by atoms with E-state index in [0.717, 1.165) is 24.1 Å². The minimum absolute atomic E-state index is 0.0429. The lowest BCUT2D eigenvalue weighted by atomic mass is 10.1. The second kappa shape index (κ2) is 11.8. The Balaban J connectivity index is 1.24. The molecule has 1 aromatic heterocycles. The summed E-state index contributed by atoms with van der Waals surface area (Å²) in [4.78, 5) is 33.5. The summed E-state index contributed by atoms with van der Waals surface area (Å²) in [5.74, 6) is 0.803. The fourth-order valence-electron chi connectivity index (χ4n) is 4.14. The Morgan fingerprint density at radius 1 is 1.03 bits per heavy atom. The van der Waals surface area contributed by atoms with Gasteiger partial charge in [-0.2, -0.15) is 4.98 Å². The van der Waals surface area contributed by atoms with Crippen LogP contribution < -0.4 is 5.32 Å². The molecule has 1 aliphatic heterocycles. The van der Waals surface area contributed by atoms with E-state index in [1.54, 1.807) is 24.1 Å². The molecular formula is C27H33N5O3. The molecule has 0 radical (unpaired) electrons. The van der Waals surface area contributed by atoms with Gasteiger partial charge < -0.3 is 19.6 Å². The third-order valence-electron chi connectivity index (χ3n) is 6.31. The number of likely N-dealkylation sites (N-methyl/N-ethyl adjacent to an activating group) is 1. The zero-order valence-electron chi connectivity index (χ0n) is 20.5. The van der Waals surface area contributed by atoms with Crippen LogP contribution in [0.4, 0.5) is 0 Å². The first kappa shape index (κ1) is 24.6.